The Labute approximate surface area is 135 Å². The molecule has 2 N–H and O–H groups in total. The largest absolute Gasteiger partial charge is 0.468 e. The Kier molecular flexibility index (Phi) is 5.96. The maximum atomic E-state index is 12.6. The van der Waals surface area contributed by atoms with Gasteiger partial charge in [-0.1, -0.05) is 12.1 Å². The molecule has 1 aromatic rings. The number of nitrogens with zero attached hydrogens (tertiary/aromatic N) is 1. The first-order chi connectivity index (χ1) is 11.1. The van der Waals surface area contributed by atoms with Crippen molar-refractivity contribution in [3.8, 4) is 0 Å². The third-order valence-electron chi connectivity index (χ3n) is 3.67. The van der Waals surface area contributed by atoms with Crippen LogP contribution in [0.5, 0.6) is 0 Å². The second-order valence-corrected chi connectivity index (χ2v) is 5.28. The molecule has 0 unspecified atom stereocenters. The Balaban J connectivity index is 2.03. The first kappa shape index (κ1) is 16.8. The number of esters is 1. The van der Waals surface area contributed by atoms with Gasteiger partial charge in [0.2, 0.25) is 0 Å². The highest BCUT2D eigenvalue weighted by atomic mass is 16.5. The van der Waals surface area contributed by atoms with Crippen LogP contribution < -0.4 is 10.6 Å². The number of para-hydroxylation sites is 1. The van der Waals surface area contributed by atoms with Crippen molar-refractivity contribution in [1.82, 2.24) is 10.2 Å². The maximum absolute atomic E-state index is 12.6. The summed E-state index contributed by atoms with van der Waals surface area (Å²) >= 11 is 0. The minimum atomic E-state index is -0.561. The smallest absolute Gasteiger partial charge is 0.325 e. The molecule has 3 amide bonds. The molecule has 2 rings (SSSR count). The first-order valence-corrected chi connectivity index (χ1v) is 7.62. The highest BCUT2D eigenvalue weighted by Gasteiger charge is 2.21. The quantitative estimate of drug-likeness (QED) is 0.825. The number of carbonyl (C=O) groups is 3. The SMILES string of the molecule is COC(=O)CNC(=O)Nc1ccccc1C(=O)N1CCCCC1. The van der Waals surface area contributed by atoms with Crippen LogP contribution in [0.4, 0.5) is 10.5 Å². The number of methoxy groups -OCH3 is 1. The molecule has 7 heteroatoms. The number of anilines is 1. The average Bonchev–Trinajstić information content (AvgIpc) is 2.60. The van der Waals surface area contributed by atoms with Gasteiger partial charge in [0.15, 0.2) is 0 Å². The van der Waals surface area contributed by atoms with Crippen molar-refractivity contribution in [2.24, 2.45) is 0 Å². The predicted molar refractivity (Wildman–Crippen MR) is 85.2 cm³/mol. The van der Waals surface area contributed by atoms with Gasteiger partial charge in [0, 0.05) is 13.1 Å². The molecule has 1 saturated heterocycles. The van der Waals surface area contributed by atoms with Gasteiger partial charge < -0.3 is 20.3 Å². The van der Waals surface area contributed by atoms with Crippen molar-refractivity contribution < 1.29 is 19.1 Å². The number of amides is 3. The summed E-state index contributed by atoms with van der Waals surface area (Å²) in [5.41, 5.74) is 0.869. The van der Waals surface area contributed by atoms with Crippen molar-refractivity contribution in [2.75, 3.05) is 32.1 Å². The third kappa shape index (κ3) is 4.70. The van der Waals surface area contributed by atoms with E-state index in [1.54, 1.807) is 29.2 Å². The lowest BCUT2D eigenvalue weighted by Crippen LogP contribution is -2.37. The second-order valence-electron chi connectivity index (χ2n) is 5.28. The number of ether oxygens (including phenoxy) is 1. The van der Waals surface area contributed by atoms with E-state index in [0.717, 1.165) is 32.4 Å². The predicted octanol–water partition coefficient (Wildman–Crippen LogP) is 1.61. The van der Waals surface area contributed by atoms with Gasteiger partial charge in [-0.15, -0.1) is 0 Å². The number of urea groups is 1. The summed E-state index contributed by atoms with van der Waals surface area (Å²) in [4.78, 5) is 37.3. The summed E-state index contributed by atoms with van der Waals surface area (Å²) in [5, 5.41) is 4.98. The molecule has 0 bridgehead atoms. The van der Waals surface area contributed by atoms with Crippen molar-refractivity contribution >= 4 is 23.6 Å². The van der Waals surface area contributed by atoms with E-state index >= 15 is 0 Å². The number of hydrogen-bond acceptors (Lipinski definition) is 4. The van der Waals surface area contributed by atoms with Crippen molar-refractivity contribution in [1.29, 1.82) is 0 Å². The normalized spacial score (nSPS) is 14.0. The number of hydrogen-bond donors (Lipinski definition) is 2. The molecular formula is C16H21N3O4. The molecule has 1 aliphatic heterocycles. The molecule has 124 valence electrons. The number of nitrogens with one attached hydrogen (secondary N) is 2. The molecule has 1 aliphatic rings. The van der Waals surface area contributed by atoms with E-state index < -0.39 is 12.0 Å². The topological polar surface area (TPSA) is 87.7 Å². The lowest BCUT2D eigenvalue weighted by Gasteiger charge is -2.27. The minimum absolute atomic E-state index is 0.0893. The summed E-state index contributed by atoms with van der Waals surface area (Å²) in [6, 6.07) is 6.29. The Hall–Kier alpha value is -2.57. The highest BCUT2D eigenvalue weighted by molar-refractivity contribution is 6.03. The fraction of sp³-hybridized carbons (Fsp3) is 0.438. The van der Waals surface area contributed by atoms with Crippen LogP contribution in [-0.2, 0) is 9.53 Å². The van der Waals surface area contributed by atoms with E-state index in [1.165, 1.54) is 7.11 Å². The van der Waals surface area contributed by atoms with Gasteiger partial charge in [0.1, 0.15) is 6.54 Å². The summed E-state index contributed by atoms with van der Waals surface area (Å²) in [5.74, 6) is -0.633. The monoisotopic (exact) mass is 319 g/mol. The Morgan fingerprint density at radius 3 is 2.52 bits per heavy atom. The number of carbonyl (C=O) groups excluding carboxylic acids is 3. The van der Waals surface area contributed by atoms with Crippen LogP contribution in [0, 0.1) is 0 Å². The Morgan fingerprint density at radius 1 is 1.13 bits per heavy atom. The summed E-state index contributed by atoms with van der Waals surface area (Å²) in [6.07, 6.45) is 3.14. The highest BCUT2D eigenvalue weighted by Crippen LogP contribution is 2.19. The lowest BCUT2D eigenvalue weighted by atomic mass is 10.1. The van der Waals surface area contributed by atoms with E-state index in [0.29, 0.717) is 11.3 Å². The van der Waals surface area contributed by atoms with Gasteiger partial charge in [0.05, 0.1) is 18.4 Å². The molecule has 0 aliphatic carbocycles. The molecule has 0 atom stereocenters. The minimum Gasteiger partial charge on any atom is -0.468 e. The van der Waals surface area contributed by atoms with E-state index in [4.69, 9.17) is 0 Å². The van der Waals surface area contributed by atoms with E-state index in [9.17, 15) is 14.4 Å². The van der Waals surface area contributed by atoms with Gasteiger partial charge in [-0.2, -0.15) is 0 Å². The van der Waals surface area contributed by atoms with E-state index in [-0.39, 0.29) is 12.5 Å². The number of benzene rings is 1. The van der Waals surface area contributed by atoms with E-state index in [1.807, 2.05) is 0 Å². The van der Waals surface area contributed by atoms with Gasteiger partial charge in [-0.3, -0.25) is 9.59 Å². The molecule has 23 heavy (non-hydrogen) atoms. The number of likely N-dealkylation sites (tertiary alicyclic amines) is 1. The summed E-state index contributed by atoms with van der Waals surface area (Å²) in [7, 11) is 1.24. The Bertz CT molecular complexity index is 582. The zero-order valence-corrected chi connectivity index (χ0v) is 13.1. The fourth-order valence-corrected chi connectivity index (χ4v) is 2.44. The summed E-state index contributed by atoms with van der Waals surface area (Å²) < 4.78 is 4.45. The molecule has 0 radical (unpaired) electrons. The molecule has 1 aromatic carbocycles. The van der Waals surface area contributed by atoms with Gasteiger partial charge in [-0.25, -0.2) is 4.79 Å². The zero-order valence-electron chi connectivity index (χ0n) is 13.1. The van der Waals surface area contributed by atoms with Crippen LogP contribution in [0.15, 0.2) is 24.3 Å². The van der Waals surface area contributed by atoms with Crippen molar-refractivity contribution in [3.63, 3.8) is 0 Å². The molecule has 0 saturated carbocycles. The zero-order chi connectivity index (χ0) is 16.7. The van der Waals surface area contributed by atoms with Crippen molar-refractivity contribution in [2.45, 2.75) is 19.3 Å². The van der Waals surface area contributed by atoms with Crippen LogP contribution >= 0.6 is 0 Å². The summed E-state index contributed by atoms with van der Waals surface area (Å²) in [6.45, 7) is 1.24. The maximum Gasteiger partial charge on any atom is 0.325 e. The van der Waals surface area contributed by atoms with Crippen molar-refractivity contribution in [3.05, 3.63) is 29.8 Å². The van der Waals surface area contributed by atoms with Crippen LogP contribution in [-0.4, -0.2) is 49.6 Å². The molecular weight excluding hydrogens is 298 g/mol. The number of rotatable bonds is 4. The average molecular weight is 319 g/mol. The molecule has 7 nitrogen and oxygen atoms in total. The van der Waals surface area contributed by atoms with Crippen LogP contribution in [0.2, 0.25) is 0 Å². The first-order valence-electron chi connectivity index (χ1n) is 7.62. The number of piperidine rings is 1. The van der Waals surface area contributed by atoms with Crippen LogP contribution in [0.1, 0.15) is 29.6 Å². The van der Waals surface area contributed by atoms with E-state index in [2.05, 4.69) is 15.4 Å². The molecule has 1 fully saturated rings. The van der Waals surface area contributed by atoms with Crippen LogP contribution in [0.3, 0.4) is 0 Å². The molecule has 1 heterocycles. The fourth-order valence-electron chi connectivity index (χ4n) is 2.44. The van der Waals surface area contributed by atoms with Gasteiger partial charge in [-0.05, 0) is 31.4 Å². The molecule has 0 aromatic heterocycles. The van der Waals surface area contributed by atoms with Gasteiger partial charge >= 0.3 is 12.0 Å². The van der Waals surface area contributed by atoms with Gasteiger partial charge in [0.25, 0.3) is 5.91 Å². The lowest BCUT2D eigenvalue weighted by molar-refractivity contribution is -0.139. The third-order valence-corrected chi connectivity index (χ3v) is 3.67. The second kappa shape index (κ2) is 8.17. The molecule has 0 spiro atoms. The standard InChI is InChI=1S/C16H21N3O4/c1-23-14(20)11-17-16(22)18-13-8-4-3-7-12(13)15(21)19-9-5-2-6-10-19/h3-4,7-8H,2,5-6,9-11H2,1H3,(H2,17,18,22). The Morgan fingerprint density at radius 2 is 1.83 bits per heavy atom. The van der Waals surface area contributed by atoms with Crippen LogP contribution in [0.25, 0.3) is 0 Å².